The molecule has 0 atom stereocenters. The summed E-state index contributed by atoms with van der Waals surface area (Å²) in [6, 6.07) is 1.79. The molecule has 0 bridgehead atoms. The molecule has 4 nitrogen and oxygen atoms in total. The number of rotatable bonds is 4. The minimum Gasteiger partial charge on any atom is -0.389 e. The van der Waals surface area contributed by atoms with Gasteiger partial charge >= 0.3 is 0 Å². The van der Waals surface area contributed by atoms with Crippen LogP contribution in [0.25, 0.3) is 0 Å². The van der Waals surface area contributed by atoms with Crippen LogP contribution < -0.4 is 11.1 Å². The van der Waals surface area contributed by atoms with E-state index in [0.717, 1.165) is 5.56 Å². The normalized spacial score (nSPS) is 15.9. The van der Waals surface area contributed by atoms with Gasteiger partial charge in [0.2, 0.25) is 0 Å². The SMILES string of the molecule is CC(C)(Nc1nnccc1C(N)=S)C1CC1. The van der Waals surface area contributed by atoms with Crippen LogP contribution in [-0.4, -0.2) is 20.7 Å². The average Bonchev–Trinajstić information content (AvgIpc) is 3.00. The van der Waals surface area contributed by atoms with Crippen LogP contribution in [0.4, 0.5) is 5.82 Å². The highest BCUT2D eigenvalue weighted by Crippen LogP contribution is 2.41. The summed E-state index contributed by atoms with van der Waals surface area (Å²) in [6.07, 6.45) is 4.13. The molecular formula is C11H16N4S. The lowest BCUT2D eigenvalue weighted by molar-refractivity contribution is 0.491. The van der Waals surface area contributed by atoms with Crippen molar-refractivity contribution in [1.82, 2.24) is 10.2 Å². The van der Waals surface area contributed by atoms with Gasteiger partial charge in [0.05, 0.1) is 11.8 Å². The molecule has 0 radical (unpaired) electrons. The Morgan fingerprint density at radius 1 is 1.56 bits per heavy atom. The van der Waals surface area contributed by atoms with Gasteiger partial charge < -0.3 is 11.1 Å². The number of nitrogens with zero attached hydrogens (tertiary/aromatic N) is 2. The summed E-state index contributed by atoms with van der Waals surface area (Å²) in [5, 5.41) is 11.3. The van der Waals surface area contributed by atoms with Crippen molar-refractivity contribution >= 4 is 23.0 Å². The molecule has 0 saturated heterocycles. The fourth-order valence-electron chi connectivity index (χ4n) is 1.84. The topological polar surface area (TPSA) is 63.8 Å². The Morgan fingerprint density at radius 3 is 2.81 bits per heavy atom. The molecule has 86 valence electrons. The highest BCUT2D eigenvalue weighted by molar-refractivity contribution is 7.80. The molecule has 0 aliphatic heterocycles. The Balaban J connectivity index is 2.23. The highest BCUT2D eigenvalue weighted by atomic mass is 32.1. The van der Waals surface area contributed by atoms with Gasteiger partial charge in [0.25, 0.3) is 0 Å². The van der Waals surface area contributed by atoms with E-state index < -0.39 is 0 Å². The van der Waals surface area contributed by atoms with Crippen molar-refractivity contribution < 1.29 is 0 Å². The lowest BCUT2D eigenvalue weighted by Crippen LogP contribution is -2.35. The third-order valence-electron chi connectivity index (χ3n) is 3.02. The van der Waals surface area contributed by atoms with Crippen LogP contribution >= 0.6 is 12.2 Å². The minimum absolute atomic E-state index is 0.0234. The van der Waals surface area contributed by atoms with Gasteiger partial charge in [0.1, 0.15) is 4.99 Å². The van der Waals surface area contributed by atoms with Crippen LogP contribution in [0.3, 0.4) is 0 Å². The Kier molecular flexibility index (Phi) is 2.80. The van der Waals surface area contributed by atoms with E-state index in [9.17, 15) is 0 Å². The first-order valence-electron chi connectivity index (χ1n) is 5.40. The zero-order chi connectivity index (χ0) is 11.8. The van der Waals surface area contributed by atoms with Crippen LogP contribution in [0.15, 0.2) is 12.3 Å². The molecule has 0 amide bonds. The molecule has 0 aromatic carbocycles. The van der Waals surface area contributed by atoms with E-state index in [1.54, 1.807) is 12.3 Å². The van der Waals surface area contributed by atoms with Crippen molar-refractivity contribution in [2.75, 3.05) is 5.32 Å². The van der Waals surface area contributed by atoms with Crippen molar-refractivity contribution in [2.45, 2.75) is 32.2 Å². The van der Waals surface area contributed by atoms with Crippen molar-refractivity contribution in [3.63, 3.8) is 0 Å². The first kappa shape index (κ1) is 11.3. The van der Waals surface area contributed by atoms with Gasteiger partial charge in [-0.05, 0) is 38.7 Å². The van der Waals surface area contributed by atoms with Crippen LogP contribution in [0, 0.1) is 5.92 Å². The fourth-order valence-corrected chi connectivity index (χ4v) is 2.00. The summed E-state index contributed by atoms with van der Waals surface area (Å²) in [5.41, 5.74) is 6.43. The van der Waals surface area contributed by atoms with Gasteiger partial charge in [0, 0.05) is 5.54 Å². The molecule has 16 heavy (non-hydrogen) atoms. The summed E-state index contributed by atoms with van der Waals surface area (Å²) in [6.45, 7) is 4.34. The van der Waals surface area contributed by atoms with Crippen LogP contribution in [0.2, 0.25) is 0 Å². The third-order valence-corrected chi connectivity index (χ3v) is 3.24. The number of anilines is 1. The Hall–Kier alpha value is -1.23. The first-order valence-corrected chi connectivity index (χ1v) is 5.81. The molecule has 0 spiro atoms. The van der Waals surface area contributed by atoms with Crippen molar-refractivity contribution in [3.05, 3.63) is 17.8 Å². The molecule has 1 saturated carbocycles. The molecule has 3 N–H and O–H groups in total. The second-order valence-corrected chi connectivity index (χ2v) is 5.22. The maximum absolute atomic E-state index is 5.65. The van der Waals surface area contributed by atoms with E-state index in [-0.39, 0.29) is 5.54 Å². The third kappa shape index (κ3) is 2.29. The molecule has 1 aliphatic carbocycles. The van der Waals surface area contributed by atoms with E-state index in [1.807, 2.05) is 0 Å². The lowest BCUT2D eigenvalue weighted by Gasteiger charge is -2.27. The zero-order valence-corrected chi connectivity index (χ0v) is 10.3. The monoisotopic (exact) mass is 236 g/mol. The summed E-state index contributed by atoms with van der Waals surface area (Å²) in [7, 11) is 0. The van der Waals surface area contributed by atoms with E-state index >= 15 is 0 Å². The van der Waals surface area contributed by atoms with E-state index in [4.69, 9.17) is 18.0 Å². The van der Waals surface area contributed by atoms with Crippen LogP contribution in [-0.2, 0) is 0 Å². The maximum Gasteiger partial charge on any atom is 0.159 e. The average molecular weight is 236 g/mol. The smallest absolute Gasteiger partial charge is 0.159 e. The van der Waals surface area contributed by atoms with Gasteiger partial charge in [-0.1, -0.05) is 12.2 Å². The predicted octanol–water partition coefficient (Wildman–Crippen LogP) is 1.71. The standard InChI is InChI=1S/C11H16N4S/c1-11(2,7-3-4-7)14-10-8(9(12)16)5-6-13-15-10/h5-7H,3-4H2,1-2H3,(H2,12,16)(H,14,15). The molecule has 1 aromatic rings. The number of thiocarbonyl (C=S) groups is 1. The highest BCUT2D eigenvalue weighted by Gasteiger charge is 2.38. The first-order chi connectivity index (χ1) is 7.50. The van der Waals surface area contributed by atoms with Crippen molar-refractivity contribution in [2.24, 2.45) is 11.7 Å². The largest absolute Gasteiger partial charge is 0.389 e. The lowest BCUT2D eigenvalue weighted by atomic mass is 9.98. The van der Waals surface area contributed by atoms with Gasteiger partial charge in [-0.2, -0.15) is 5.10 Å². The Morgan fingerprint density at radius 2 is 2.25 bits per heavy atom. The quantitative estimate of drug-likeness (QED) is 0.779. The predicted molar refractivity (Wildman–Crippen MR) is 68.3 cm³/mol. The molecule has 1 aliphatic rings. The molecule has 2 rings (SSSR count). The summed E-state index contributed by atoms with van der Waals surface area (Å²) < 4.78 is 0. The second-order valence-electron chi connectivity index (χ2n) is 4.78. The van der Waals surface area contributed by atoms with E-state index in [2.05, 4.69) is 29.4 Å². The Bertz CT molecular complexity index is 412. The number of nitrogens with two attached hydrogens (primary N) is 1. The number of nitrogens with one attached hydrogen (secondary N) is 1. The number of aromatic nitrogens is 2. The van der Waals surface area contributed by atoms with Crippen molar-refractivity contribution in [1.29, 1.82) is 0 Å². The van der Waals surface area contributed by atoms with Gasteiger partial charge in [0.15, 0.2) is 5.82 Å². The van der Waals surface area contributed by atoms with Gasteiger partial charge in [-0.3, -0.25) is 0 Å². The number of hydrogen-bond donors (Lipinski definition) is 2. The number of hydrogen-bond acceptors (Lipinski definition) is 4. The Labute approximate surface area is 101 Å². The minimum atomic E-state index is 0.0234. The molecule has 5 heteroatoms. The van der Waals surface area contributed by atoms with Gasteiger partial charge in [-0.15, -0.1) is 5.10 Å². The zero-order valence-electron chi connectivity index (χ0n) is 9.53. The van der Waals surface area contributed by atoms with E-state index in [1.165, 1.54) is 12.8 Å². The van der Waals surface area contributed by atoms with Crippen LogP contribution in [0.1, 0.15) is 32.3 Å². The maximum atomic E-state index is 5.65. The van der Waals surface area contributed by atoms with Crippen LogP contribution in [0.5, 0.6) is 0 Å². The molecule has 1 heterocycles. The summed E-state index contributed by atoms with van der Waals surface area (Å²) >= 11 is 4.99. The second kappa shape index (κ2) is 3.97. The van der Waals surface area contributed by atoms with Crippen molar-refractivity contribution in [3.8, 4) is 0 Å². The summed E-state index contributed by atoms with van der Waals surface area (Å²) in [5.74, 6) is 1.39. The molecule has 1 fully saturated rings. The molecular weight excluding hydrogens is 220 g/mol. The molecule has 1 aromatic heterocycles. The van der Waals surface area contributed by atoms with E-state index in [0.29, 0.717) is 16.7 Å². The van der Waals surface area contributed by atoms with Gasteiger partial charge in [-0.25, -0.2) is 0 Å². The summed E-state index contributed by atoms with van der Waals surface area (Å²) in [4.78, 5) is 0.351. The molecule has 0 unspecified atom stereocenters. The fraction of sp³-hybridized carbons (Fsp3) is 0.545.